The Kier molecular flexibility index (Phi) is 5.76. The van der Waals surface area contributed by atoms with Gasteiger partial charge >= 0.3 is 0 Å². The molecule has 0 saturated heterocycles. The van der Waals surface area contributed by atoms with Gasteiger partial charge < -0.3 is 10.6 Å². The fourth-order valence-corrected chi connectivity index (χ4v) is 2.54. The number of benzene rings is 1. The fraction of sp³-hybridized carbons (Fsp3) is 0.588. The van der Waals surface area contributed by atoms with Crippen LogP contribution in [0.25, 0.3) is 0 Å². The highest BCUT2D eigenvalue weighted by Gasteiger charge is 2.29. The average molecular weight is 289 g/mol. The Morgan fingerprint density at radius 1 is 1.38 bits per heavy atom. The first kappa shape index (κ1) is 16.0. The van der Waals surface area contributed by atoms with Crippen LogP contribution in [0.5, 0.6) is 0 Å². The highest BCUT2D eigenvalue weighted by Crippen LogP contribution is 2.26. The van der Waals surface area contributed by atoms with Gasteiger partial charge in [-0.3, -0.25) is 9.69 Å². The molecule has 4 nitrogen and oxygen atoms in total. The van der Waals surface area contributed by atoms with E-state index < -0.39 is 0 Å². The van der Waals surface area contributed by atoms with Crippen LogP contribution in [0.15, 0.2) is 24.3 Å². The van der Waals surface area contributed by atoms with Crippen molar-refractivity contribution in [1.82, 2.24) is 15.5 Å². The summed E-state index contributed by atoms with van der Waals surface area (Å²) in [6.45, 7) is 3.75. The summed E-state index contributed by atoms with van der Waals surface area (Å²) < 4.78 is 0. The van der Waals surface area contributed by atoms with Crippen molar-refractivity contribution >= 4 is 5.91 Å². The number of nitrogens with zero attached hydrogens (tertiary/aromatic N) is 1. The lowest BCUT2D eigenvalue weighted by Crippen LogP contribution is -2.41. The first-order valence-electron chi connectivity index (χ1n) is 7.86. The molecule has 1 atom stereocenters. The molecule has 0 radical (unpaired) electrons. The third-order valence-corrected chi connectivity index (χ3v) is 4.28. The second-order valence-corrected chi connectivity index (χ2v) is 5.97. The Labute approximate surface area is 127 Å². The lowest BCUT2D eigenvalue weighted by Gasteiger charge is -2.24. The summed E-state index contributed by atoms with van der Waals surface area (Å²) in [6, 6.07) is 8.97. The van der Waals surface area contributed by atoms with E-state index in [2.05, 4.69) is 29.5 Å². The molecule has 116 valence electrons. The Balaban J connectivity index is 1.90. The SMILES string of the molecule is CNCCc1ccccc1C(=O)NCC(C)N(C)C1CC1. The Morgan fingerprint density at radius 2 is 2.10 bits per heavy atom. The third-order valence-electron chi connectivity index (χ3n) is 4.28. The smallest absolute Gasteiger partial charge is 0.251 e. The van der Waals surface area contributed by atoms with Gasteiger partial charge in [-0.05, 0) is 58.5 Å². The number of amides is 1. The summed E-state index contributed by atoms with van der Waals surface area (Å²) in [4.78, 5) is 14.8. The molecule has 21 heavy (non-hydrogen) atoms. The van der Waals surface area contributed by atoms with Crippen LogP contribution < -0.4 is 10.6 Å². The second-order valence-electron chi connectivity index (χ2n) is 5.97. The van der Waals surface area contributed by atoms with Crippen LogP contribution in [0, 0.1) is 0 Å². The maximum absolute atomic E-state index is 12.4. The second kappa shape index (κ2) is 7.57. The van der Waals surface area contributed by atoms with E-state index in [1.54, 1.807) is 0 Å². The normalized spacial score (nSPS) is 16.0. The molecule has 4 heteroatoms. The maximum Gasteiger partial charge on any atom is 0.251 e. The first-order chi connectivity index (χ1) is 10.1. The summed E-state index contributed by atoms with van der Waals surface area (Å²) >= 11 is 0. The summed E-state index contributed by atoms with van der Waals surface area (Å²) in [5, 5.41) is 6.21. The van der Waals surface area contributed by atoms with E-state index in [0.717, 1.165) is 30.1 Å². The summed E-state index contributed by atoms with van der Waals surface area (Å²) in [6.07, 6.45) is 3.46. The van der Waals surface area contributed by atoms with Gasteiger partial charge in [0.1, 0.15) is 0 Å². The molecule has 2 N–H and O–H groups in total. The van der Waals surface area contributed by atoms with E-state index in [4.69, 9.17) is 0 Å². The molecular formula is C17H27N3O. The Hall–Kier alpha value is -1.39. The number of hydrogen-bond acceptors (Lipinski definition) is 3. The van der Waals surface area contributed by atoms with Crippen LogP contribution in [-0.2, 0) is 6.42 Å². The summed E-state index contributed by atoms with van der Waals surface area (Å²) in [5.41, 5.74) is 1.90. The van der Waals surface area contributed by atoms with E-state index in [1.165, 1.54) is 12.8 Å². The van der Waals surface area contributed by atoms with Crippen molar-refractivity contribution in [2.75, 3.05) is 27.2 Å². The average Bonchev–Trinajstić information content (AvgIpc) is 3.34. The summed E-state index contributed by atoms with van der Waals surface area (Å²) in [7, 11) is 4.08. The predicted octanol–water partition coefficient (Wildman–Crippen LogP) is 1.66. The molecule has 1 aromatic rings. The van der Waals surface area contributed by atoms with Gasteiger partial charge in [0.2, 0.25) is 0 Å². The van der Waals surface area contributed by atoms with Crippen LogP contribution in [-0.4, -0.2) is 50.1 Å². The topological polar surface area (TPSA) is 44.4 Å². The minimum Gasteiger partial charge on any atom is -0.350 e. The minimum atomic E-state index is 0.0396. The molecule has 0 heterocycles. The van der Waals surface area contributed by atoms with Crippen molar-refractivity contribution < 1.29 is 4.79 Å². The fourth-order valence-electron chi connectivity index (χ4n) is 2.54. The van der Waals surface area contributed by atoms with Crippen LogP contribution in [0.4, 0.5) is 0 Å². The summed E-state index contributed by atoms with van der Waals surface area (Å²) in [5.74, 6) is 0.0396. The molecule has 1 fully saturated rings. The Morgan fingerprint density at radius 3 is 2.76 bits per heavy atom. The zero-order chi connectivity index (χ0) is 15.2. The molecule has 0 aliphatic heterocycles. The van der Waals surface area contributed by atoms with E-state index in [-0.39, 0.29) is 5.91 Å². The number of carbonyl (C=O) groups is 1. The van der Waals surface area contributed by atoms with Crippen molar-refractivity contribution in [2.45, 2.75) is 38.3 Å². The van der Waals surface area contributed by atoms with Gasteiger partial charge in [-0.15, -0.1) is 0 Å². The van der Waals surface area contributed by atoms with Gasteiger partial charge in [-0.2, -0.15) is 0 Å². The van der Waals surface area contributed by atoms with E-state index in [9.17, 15) is 4.79 Å². The highest BCUT2D eigenvalue weighted by molar-refractivity contribution is 5.95. The molecule has 1 amide bonds. The predicted molar refractivity (Wildman–Crippen MR) is 86.7 cm³/mol. The van der Waals surface area contributed by atoms with Gasteiger partial charge in [0, 0.05) is 24.2 Å². The molecule has 0 bridgehead atoms. The number of hydrogen-bond donors (Lipinski definition) is 2. The van der Waals surface area contributed by atoms with Gasteiger partial charge in [0.05, 0.1) is 0 Å². The van der Waals surface area contributed by atoms with Crippen LogP contribution in [0.1, 0.15) is 35.7 Å². The van der Waals surface area contributed by atoms with Crippen molar-refractivity contribution in [3.8, 4) is 0 Å². The van der Waals surface area contributed by atoms with Gasteiger partial charge in [0.15, 0.2) is 0 Å². The molecule has 1 aromatic carbocycles. The molecule has 1 saturated carbocycles. The van der Waals surface area contributed by atoms with E-state index in [1.807, 2.05) is 31.3 Å². The number of likely N-dealkylation sites (N-methyl/N-ethyl adjacent to an activating group) is 2. The molecule has 1 unspecified atom stereocenters. The molecule has 1 aliphatic rings. The van der Waals surface area contributed by atoms with Crippen LogP contribution >= 0.6 is 0 Å². The molecule has 2 rings (SSSR count). The monoisotopic (exact) mass is 289 g/mol. The van der Waals surface area contributed by atoms with Crippen LogP contribution in [0.3, 0.4) is 0 Å². The minimum absolute atomic E-state index is 0.0396. The zero-order valence-electron chi connectivity index (χ0n) is 13.4. The molecule has 0 spiro atoms. The molecule has 0 aromatic heterocycles. The molecule has 1 aliphatic carbocycles. The number of nitrogens with one attached hydrogen (secondary N) is 2. The van der Waals surface area contributed by atoms with Crippen molar-refractivity contribution in [1.29, 1.82) is 0 Å². The van der Waals surface area contributed by atoms with Crippen molar-refractivity contribution in [3.63, 3.8) is 0 Å². The lowest BCUT2D eigenvalue weighted by atomic mass is 10.0. The number of carbonyl (C=O) groups excluding carboxylic acids is 1. The highest BCUT2D eigenvalue weighted by atomic mass is 16.1. The van der Waals surface area contributed by atoms with Gasteiger partial charge in [0.25, 0.3) is 5.91 Å². The maximum atomic E-state index is 12.4. The largest absolute Gasteiger partial charge is 0.350 e. The quantitative estimate of drug-likeness (QED) is 0.765. The van der Waals surface area contributed by atoms with Crippen molar-refractivity contribution in [3.05, 3.63) is 35.4 Å². The standard InChI is InChI=1S/C17H27N3O/c1-13(20(3)15-8-9-15)12-19-17(21)16-7-5-4-6-14(16)10-11-18-2/h4-7,13,15,18H,8-12H2,1-3H3,(H,19,21). The first-order valence-corrected chi connectivity index (χ1v) is 7.86. The number of rotatable bonds is 8. The van der Waals surface area contributed by atoms with Crippen molar-refractivity contribution in [2.24, 2.45) is 0 Å². The van der Waals surface area contributed by atoms with E-state index >= 15 is 0 Å². The van der Waals surface area contributed by atoms with Gasteiger partial charge in [-0.25, -0.2) is 0 Å². The van der Waals surface area contributed by atoms with Gasteiger partial charge in [-0.1, -0.05) is 18.2 Å². The van der Waals surface area contributed by atoms with E-state index in [0.29, 0.717) is 12.6 Å². The van der Waals surface area contributed by atoms with Crippen LogP contribution in [0.2, 0.25) is 0 Å². The third kappa shape index (κ3) is 4.55. The Bertz CT molecular complexity index is 471. The molecular weight excluding hydrogens is 262 g/mol. The lowest BCUT2D eigenvalue weighted by molar-refractivity contribution is 0.0938. The zero-order valence-corrected chi connectivity index (χ0v) is 13.4.